The summed E-state index contributed by atoms with van der Waals surface area (Å²) in [4.78, 5) is 1.40. The lowest BCUT2D eigenvalue weighted by Gasteiger charge is -2.21. The van der Waals surface area contributed by atoms with E-state index in [4.69, 9.17) is 0 Å². The van der Waals surface area contributed by atoms with Crippen molar-refractivity contribution in [3.05, 3.63) is 159 Å². The molecule has 2 heteroatoms. The van der Waals surface area contributed by atoms with Gasteiger partial charge in [-0.2, -0.15) is 0 Å². The quantitative estimate of drug-likeness (QED) is 0.180. The van der Waals surface area contributed by atoms with Crippen molar-refractivity contribution >= 4 is 38.3 Å². The summed E-state index contributed by atoms with van der Waals surface area (Å²) in [6, 6.07) is 26.7. The van der Waals surface area contributed by atoms with Crippen LogP contribution >= 0.6 is 11.3 Å². The highest BCUT2D eigenvalue weighted by Crippen LogP contribution is 2.42. The van der Waals surface area contributed by atoms with Crippen LogP contribution in [-0.4, -0.2) is 0 Å². The topological polar surface area (TPSA) is 12.0 Å². The maximum Gasteiger partial charge on any atom is 0.0423 e. The van der Waals surface area contributed by atoms with Gasteiger partial charge in [0.1, 0.15) is 0 Å². The van der Waals surface area contributed by atoms with E-state index in [1.165, 1.54) is 81.9 Å². The highest BCUT2D eigenvalue weighted by Gasteiger charge is 2.19. The Kier molecular flexibility index (Phi) is 10.0. The highest BCUT2D eigenvalue weighted by atomic mass is 32.1. The second kappa shape index (κ2) is 14.1. The minimum atomic E-state index is 0.773. The number of nitrogens with one attached hydrogen (secondary N) is 1. The number of benzene rings is 3. The Morgan fingerprint density at radius 3 is 2.41 bits per heavy atom. The number of anilines is 1. The fourth-order valence-corrected chi connectivity index (χ4v) is 7.85. The maximum atomic E-state index is 3.86. The van der Waals surface area contributed by atoms with Gasteiger partial charge in [-0.05, 0) is 122 Å². The summed E-state index contributed by atoms with van der Waals surface area (Å²) < 4.78 is 1.36. The van der Waals surface area contributed by atoms with E-state index in [2.05, 4.69) is 138 Å². The Bertz CT molecular complexity index is 1840. The highest BCUT2D eigenvalue weighted by molar-refractivity contribution is 7.20. The molecule has 0 unspecified atom stereocenters. The molecule has 3 aromatic carbocycles. The molecule has 1 heterocycles. The Hall–Kier alpha value is -4.14. The summed E-state index contributed by atoms with van der Waals surface area (Å²) in [6.07, 6.45) is 11.6. The van der Waals surface area contributed by atoms with Crippen LogP contribution in [0, 0.1) is 0 Å². The van der Waals surface area contributed by atoms with E-state index >= 15 is 0 Å². The molecule has 224 valence electrons. The number of thiophene rings is 1. The molecule has 4 aromatic rings. The summed E-state index contributed by atoms with van der Waals surface area (Å²) in [7, 11) is 0. The molecule has 0 radical (unpaired) electrons. The van der Waals surface area contributed by atoms with Gasteiger partial charge in [0.05, 0.1) is 0 Å². The Morgan fingerprint density at radius 1 is 0.909 bits per heavy atom. The van der Waals surface area contributed by atoms with Gasteiger partial charge < -0.3 is 5.32 Å². The number of rotatable bonds is 10. The van der Waals surface area contributed by atoms with E-state index in [1.54, 1.807) is 0 Å². The molecule has 1 aliphatic carbocycles. The van der Waals surface area contributed by atoms with Gasteiger partial charge in [-0.1, -0.05) is 104 Å². The molecule has 1 aliphatic rings. The first-order chi connectivity index (χ1) is 21.3. The molecule has 0 aliphatic heterocycles. The molecule has 44 heavy (non-hydrogen) atoms. The zero-order valence-electron chi connectivity index (χ0n) is 27.2. The van der Waals surface area contributed by atoms with Crippen molar-refractivity contribution in [2.45, 2.75) is 67.3 Å². The van der Waals surface area contributed by atoms with Gasteiger partial charge in [-0.15, -0.1) is 11.3 Å². The zero-order chi connectivity index (χ0) is 31.2. The van der Waals surface area contributed by atoms with E-state index in [0.29, 0.717) is 0 Å². The van der Waals surface area contributed by atoms with Crippen molar-refractivity contribution in [3.63, 3.8) is 0 Å². The summed E-state index contributed by atoms with van der Waals surface area (Å²) >= 11 is 1.92. The number of hydrogen-bond acceptors (Lipinski definition) is 2. The molecule has 0 atom stereocenters. The van der Waals surface area contributed by atoms with Crippen LogP contribution in [0.2, 0.25) is 0 Å². The van der Waals surface area contributed by atoms with Gasteiger partial charge in [-0.3, -0.25) is 0 Å². The van der Waals surface area contributed by atoms with E-state index in [1.807, 2.05) is 23.5 Å². The van der Waals surface area contributed by atoms with Crippen LogP contribution in [0.3, 0.4) is 0 Å². The number of para-hydroxylation sites is 1. The summed E-state index contributed by atoms with van der Waals surface area (Å²) in [5.41, 5.74) is 16.1. The first-order valence-electron chi connectivity index (χ1n) is 15.8. The minimum Gasteiger partial charge on any atom is -0.380 e. The summed E-state index contributed by atoms with van der Waals surface area (Å²) in [5, 5.41) is 5.20. The van der Waals surface area contributed by atoms with Crippen LogP contribution in [0.5, 0.6) is 0 Å². The van der Waals surface area contributed by atoms with Gasteiger partial charge in [0.25, 0.3) is 0 Å². The third kappa shape index (κ3) is 6.66. The lowest BCUT2D eigenvalue weighted by Crippen LogP contribution is -2.04. The van der Waals surface area contributed by atoms with Crippen molar-refractivity contribution in [2.24, 2.45) is 0 Å². The monoisotopic (exact) mass is 595 g/mol. The van der Waals surface area contributed by atoms with Gasteiger partial charge in [-0.25, -0.2) is 0 Å². The molecule has 1 aromatic heterocycles. The van der Waals surface area contributed by atoms with Gasteiger partial charge in [0.2, 0.25) is 0 Å². The van der Waals surface area contributed by atoms with Crippen LogP contribution in [0.15, 0.2) is 132 Å². The van der Waals surface area contributed by atoms with E-state index < -0.39 is 0 Å². The van der Waals surface area contributed by atoms with Crippen LogP contribution in [0.25, 0.3) is 21.2 Å². The average molecular weight is 596 g/mol. The lowest BCUT2D eigenvalue weighted by molar-refractivity contribution is 0.963. The summed E-state index contributed by atoms with van der Waals surface area (Å²) in [5.74, 6) is 0. The average Bonchev–Trinajstić information content (AvgIpc) is 3.39. The van der Waals surface area contributed by atoms with Crippen LogP contribution in [0.4, 0.5) is 5.69 Å². The Morgan fingerprint density at radius 2 is 1.68 bits per heavy atom. The number of allylic oxidation sites excluding steroid dienone is 10. The predicted molar refractivity (Wildman–Crippen MR) is 196 cm³/mol. The van der Waals surface area contributed by atoms with E-state index in [-0.39, 0.29) is 0 Å². The second-order valence-corrected chi connectivity index (χ2v) is 13.1. The first kappa shape index (κ1) is 31.3. The number of fused-ring (bicyclic) bond motifs is 1. The molecular weight excluding hydrogens is 551 g/mol. The number of aryl methyl sites for hydroxylation is 1. The zero-order valence-corrected chi connectivity index (χ0v) is 28.0. The van der Waals surface area contributed by atoms with Crippen LogP contribution in [0.1, 0.15) is 81.5 Å². The SMILES string of the molecule is C=C/C=C\C(=C(C)C)C1=C(C)C=C(c2cccc(CNc3ccccc3C(=C(C)C)c3sc4ccccc4c3CC)c2)CC1. The van der Waals surface area contributed by atoms with Crippen molar-refractivity contribution in [2.75, 3.05) is 5.32 Å². The van der Waals surface area contributed by atoms with Gasteiger partial charge in [0.15, 0.2) is 0 Å². The third-order valence-corrected chi connectivity index (χ3v) is 9.76. The smallest absolute Gasteiger partial charge is 0.0423 e. The molecular formula is C42H45NS. The van der Waals surface area contributed by atoms with Crippen molar-refractivity contribution < 1.29 is 0 Å². The molecule has 0 fully saturated rings. The van der Waals surface area contributed by atoms with Gasteiger partial charge >= 0.3 is 0 Å². The minimum absolute atomic E-state index is 0.773. The molecule has 1 N–H and O–H groups in total. The standard InChI is InChI=1S/C42H45NS/c1-8-10-18-35(28(3)4)36-24-23-33(25-30(36)7)32-17-15-16-31(26-32)27-43-39-21-13-11-20-38(39)41(29(5)6)42-34(9-2)37-19-12-14-22-40(37)44-42/h8,10-22,25-26,43H,1,9,23-24,27H2,2-7H3/b18-10-. The number of hydrogen-bond donors (Lipinski definition) is 1. The summed E-state index contributed by atoms with van der Waals surface area (Å²) in [6.45, 7) is 18.0. The van der Waals surface area contributed by atoms with Crippen LogP contribution in [-0.2, 0) is 13.0 Å². The molecule has 0 bridgehead atoms. The van der Waals surface area contributed by atoms with Crippen molar-refractivity contribution in [1.29, 1.82) is 0 Å². The largest absolute Gasteiger partial charge is 0.380 e. The fourth-order valence-electron chi connectivity index (χ4n) is 6.39. The Labute approximate surface area is 268 Å². The molecule has 0 saturated heterocycles. The van der Waals surface area contributed by atoms with Crippen molar-refractivity contribution in [3.8, 4) is 0 Å². The maximum absolute atomic E-state index is 3.86. The predicted octanol–water partition coefficient (Wildman–Crippen LogP) is 12.5. The van der Waals surface area contributed by atoms with Crippen molar-refractivity contribution in [1.82, 2.24) is 0 Å². The molecule has 1 nitrogen and oxygen atoms in total. The molecule has 5 rings (SSSR count). The molecule has 0 spiro atoms. The van der Waals surface area contributed by atoms with Gasteiger partial charge in [0, 0.05) is 27.4 Å². The van der Waals surface area contributed by atoms with Crippen LogP contribution < -0.4 is 5.32 Å². The second-order valence-electron chi connectivity index (χ2n) is 12.1. The Balaban J connectivity index is 1.42. The first-order valence-corrected chi connectivity index (χ1v) is 16.6. The van der Waals surface area contributed by atoms with E-state index in [9.17, 15) is 0 Å². The lowest BCUT2D eigenvalue weighted by atomic mass is 9.84. The van der Waals surface area contributed by atoms with E-state index in [0.717, 1.165) is 25.8 Å². The molecule has 0 saturated carbocycles. The normalized spacial score (nSPS) is 13.3. The fraction of sp³-hybridized carbons (Fsp3) is 0.238. The third-order valence-electron chi connectivity index (χ3n) is 8.53. The molecule has 0 amide bonds.